The number of hydrogen-bond acceptors (Lipinski definition) is 5. The van der Waals surface area contributed by atoms with Gasteiger partial charge in [0.05, 0.1) is 30.4 Å². The molecule has 0 amide bonds. The lowest BCUT2D eigenvalue weighted by Crippen LogP contribution is -2.11. The molecule has 0 unspecified atom stereocenters. The maximum absolute atomic E-state index is 12.1. The third-order valence-electron chi connectivity index (χ3n) is 3.43. The fourth-order valence-electron chi connectivity index (χ4n) is 2.20. The third-order valence-corrected chi connectivity index (χ3v) is 3.71. The summed E-state index contributed by atoms with van der Waals surface area (Å²) in [5.41, 5.74) is 1.33. The van der Waals surface area contributed by atoms with E-state index in [1.54, 1.807) is 14.0 Å². The Bertz CT molecular complexity index is 781. The van der Waals surface area contributed by atoms with Crippen molar-refractivity contribution in [3.05, 3.63) is 52.5 Å². The molecule has 0 bridgehead atoms. The van der Waals surface area contributed by atoms with Crippen molar-refractivity contribution in [1.82, 2.24) is 0 Å². The predicted octanol–water partition coefficient (Wildman–Crippen LogP) is 4.16. The molecule has 0 heterocycles. The summed E-state index contributed by atoms with van der Waals surface area (Å²) in [7, 11) is 1.60. The average Bonchev–Trinajstić information content (AvgIpc) is 2.63. The Hall–Kier alpha value is -2.71. The van der Waals surface area contributed by atoms with Crippen LogP contribution in [0, 0.1) is 11.3 Å². The maximum Gasteiger partial charge on any atom is 0.311 e. The Morgan fingerprint density at radius 1 is 1.24 bits per heavy atom. The topological polar surface area (TPSA) is 68.5 Å². The number of hydrogen-bond donors (Lipinski definition) is 0. The van der Waals surface area contributed by atoms with Crippen molar-refractivity contribution >= 4 is 17.6 Å². The minimum absolute atomic E-state index is 0.141. The molecule has 0 radical (unpaired) electrons. The largest absolute Gasteiger partial charge is 0.497 e. The standard InChI is InChI=1S/C19H18ClNO4/c1-3-24-17-11-14(12-21)10-16(20)19(17)25-18(22)9-6-13-4-7-15(23-2)8-5-13/h4-5,7-8,10-11H,3,6,9H2,1-2H3. The van der Waals surface area contributed by atoms with Gasteiger partial charge < -0.3 is 14.2 Å². The quantitative estimate of drug-likeness (QED) is 0.548. The highest BCUT2D eigenvalue weighted by atomic mass is 35.5. The fourth-order valence-corrected chi connectivity index (χ4v) is 2.45. The lowest BCUT2D eigenvalue weighted by molar-refractivity contribution is -0.134. The van der Waals surface area contributed by atoms with E-state index in [-0.39, 0.29) is 22.9 Å². The summed E-state index contributed by atoms with van der Waals surface area (Å²) in [6, 6.07) is 12.4. The molecule has 0 aliphatic carbocycles. The Kier molecular flexibility index (Phi) is 6.67. The lowest BCUT2D eigenvalue weighted by Gasteiger charge is -2.12. The highest BCUT2D eigenvalue weighted by Gasteiger charge is 2.16. The van der Waals surface area contributed by atoms with Crippen LogP contribution in [0.3, 0.4) is 0 Å². The molecule has 2 aromatic carbocycles. The van der Waals surface area contributed by atoms with Crippen LogP contribution in [-0.4, -0.2) is 19.7 Å². The summed E-state index contributed by atoms with van der Waals surface area (Å²) in [4.78, 5) is 12.1. The van der Waals surface area contributed by atoms with Crippen LogP contribution in [0.5, 0.6) is 17.2 Å². The van der Waals surface area contributed by atoms with E-state index < -0.39 is 5.97 Å². The number of ether oxygens (including phenoxy) is 3. The molecule has 0 aliphatic heterocycles. The number of aryl methyl sites for hydroxylation is 1. The molecule has 2 rings (SSSR count). The van der Waals surface area contributed by atoms with E-state index >= 15 is 0 Å². The van der Waals surface area contributed by atoms with Gasteiger partial charge in [0.15, 0.2) is 11.5 Å². The van der Waals surface area contributed by atoms with Gasteiger partial charge in [-0.05, 0) is 37.1 Å². The number of carbonyl (C=O) groups excluding carboxylic acids is 1. The number of carbonyl (C=O) groups is 1. The number of nitriles is 1. The van der Waals surface area contributed by atoms with E-state index in [0.717, 1.165) is 11.3 Å². The summed E-state index contributed by atoms with van der Waals surface area (Å²) in [6.45, 7) is 2.16. The van der Waals surface area contributed by atoms with Gasteiger partial charge in [0.25, 0.3) is 0 Å². The maximum atomic E-state index is 12.1. The van der Waals surface area contributed by atoms with Gasteiger partial charge in [0.1, 0.15) is 5.75 Å². The van der Waals surface area contributed by atoms with Gasteiger partial charge in [0.2, 0.25) is 0 Å². The monoisotopic (exact) mass is 359 g/mol. The summed E-state index contributed by atoms with van der Waals surface area (Å²) >= 11 is 6.12. The summed E-state index contributed by atoms with van der Waals surface area (Å²) < 4.78 is 15.9. The van der Waals surface area contributed by atoms with Crippen LogP contribution in [-0.2, 0) is 11.2 Å². The Labute approximate surface area is 151 Å². The molecule has 0 atom stereocenters. The minimum atomic E-state index is -0.427. The number of nitrogens with zero attached hydrogens (tertiary/aromatic N) is 1. The summed E-state index contributed by atoms with van der Waals surface area (Å²) in [5.74, 6) is 0.757. The number of benzene rings is 2. The fraction of sp³-hybridized carbons (Fsp3) is 0.263. The van der Waals surface area contributed by atoms with Crippen LogP contribution in [0.1, 0.15) is 24.5 Å². The van der Waals surface area contributed by atoms with Crippen LogP contribution in [0.4, 0.5) is 0 Å². The number of rotatable bonds is 7. The van der Waals surface area contributed by atoms with Gasteiger partial charge in [-0.3, -0.25) is 4.79 Å². The molecular weight excluding hydrogens is 342 g/mol. The first-order valence-electron chi connectivity index (χ1n) is 7.77. The molecule has 0 saturated carbocycles. The van der Waals surface area contributed by atoms with E-state index in [1.165, 1.54) is 12.1 Å². The van der Waals surface area contributed by atoms with Crippen LogP contribution in [0.2, 0.25) is 5.02 Å². The van der Waals surface area contributed by atoms with E-state index in [1.807, 2.05) is 30.3 Å². The van der Waals surface area contributed by atoms with Gasteiger partial charge in [-0.25, -0.2) is 0 Å². The number of esters is 1. The van der Waals surface area contributed by atoms with E-state index in [4.69, 9.17) is 31.1 Å². The second-order valence-corrected chi connectivity index (χ2v) is 5.56. The van der Waals surface area contributed by atoms with Crippen molar-refractivity contribution in [2.45, 2.75) is 19.8 Å². The number of halogens is 1. The second kappa shape index (κ2) is 8.95. The molecule has 0 aliphatic rings. The first-order chi connectivity index (χ1) is 12.1. The van der Waals surface area contributed by atoms with Crippen LogP contribution in [0.15, 0.2) is 36.4 Å². The molecular formula is C19H18ClNO4. The molecule has 2 aromatic rings. The van der Waals surface area contributed by atoms with Gasteiger partial charge >= 0.3 is 5.97 Å². The van der Waals surface area contributed by atoms with Crippen LogP contribution in [0.25, 0.3) is 0 Å². The average molecular weight is 360 g/mol. The second-order valence-electron chi connectivity index (χ2n) is 5.15. The number of methoxy groups -OCH3 is 1. The van der Waals surface area contributed by atoms with Gasteiger partial charge in [-0.15, -0.1) is 0 Å². The Balaban J connectivity index is 2.05. The zero-order chi connectivity index (χ0) is 18.2. The van der Waals surface area contributed by atoms with Gasteiger partial charge in [-0.2, -0.15) is 5.26 Å². The molecule has 0 spiro atoms. The van der Waals surface area contributed by atoms with Crippen molar-refractivity contribution in [2.75, 3.05) is 13.7 Å². The van der Waals surface area contributed by atoms with E-state index in [2.05, 4.69) is 0 Å². The zero-order valence-electron chi connectivity index (χ0n) is 14.0. The van der Waals surface area contributed by atoms with E-state index in [9.17, 15) is 4.79 Å². The Morgan fingerprint density at radius 3 is 2.56 bits per heavy atom. The molecule has 0 aromatic heterocycles. The highest BCUT2D eigenvalue weighted by Crippen LogP contribution is 2.36. The van der Waals surface area contributed by atoms with Crippen molar-refractivity contribution < 1.29 is 19.0 Å². The van der Waals surface area contributed by atoms with Crippen molar-refractivity contribution in [3.8, 4) is 23.3 Å². The molecule has 0 fully saturated rings. The molecule has 25 heavy (non-hydrogen) atoms. The van der Waals surface area contributed by atoms with E-state index in [0.29, 0.717) is 18.6 Å². The molecule has 6 heteroatoms. The molecule has 130 valence electrons. The smallest absolute Gasteiger partial charge is 0.311 e. The van der Waals surface area contributed by atoms with Crippen molar-refractivity contribution in [3.63, 3.8) is 0 Å². The zero-order valence-corrected chi connectivity index (χ0v) is 14.8. The third kappa shape index (κ3) is 5.13. The highest BCUT2D eigenvalue weighted by molar-refractivity contribution is 6.32. The minimum Gasteiger partial charge on any atom is -0.497 e. The molecule has 0 N–H and O–H groups in total. The van der Waals surface area contributed by atoms with Crippen LogP contribution >= 0.6 is 11.6 Å². The molecule has 5 nitrogen and oxygen atoms in total. The van der Waals surface area contributed by atoms with Gasteiger partial charge in [-0.1, -0.05) is 23.7 Å². The summed E-state index contributed by atoms with van der Waals surface area (Å²) in [5, 5.41) is 9.16. The Morgan fingerprint density at radius 2 is 1.96 bits per heavy atom. The van der Waals surface area contributed by atoms with Crippen LogP contribution < -0.4 is 14.2 Å². The lowest BCUT2D eigenvalue weighted by atomic mass is 10.1. The first kappa shape index (κ1) is 18.6. The normalized spacial score (nSPS) is 10.0. The molecule has 0 saturated heterocycles. The predicted molar refractivity (Wildman–Crippen MR) is 94.3 cm³/mol. The van der Waals surface area contributed by atoms with Crippen molar-refractivity contribution in [1.29, 1.82) is 5.26 Å². The summed E-state index contributed by atoms with van der Waals surface area (Å²) in [6.07, 6.45) is 0.717. The van der Waals surface area contributed by atoms with Crippen molar-refractivity contribution in [2.24, 2.45) is 0 Å². The van der Waals surface area contributed by atoms with Gasteiger partial charge in [0, 0.05) is 12.5 Å². The SMILES string of the molecule is CCOc1cc(C#N)cc(Cl)c1OC(=O)CCc1ccc(OC)cc1. The first-order valence-corrected chi connectivity index (χ1v) is 8.15.